The van der Waals surface area contributed by atoms with Crippen LogP contribution in [0, 0.1) is 11.7 Å². The quantitative estimate of drug-likeness (QED) is 0.732. The molecule has 0 radical (unpaired) electrons. The minimum absolute atomic E-state index is 0.00614. The van der Waals surface area contributed by atoms with Crippen molar-refractivity contribution in [1.29, 1.82) is 0 Å². The SMILES string of the molecule is CC(C)CC(=O)Nc1ccc(NC(=O)C2CC(=O)Nc3cc(F)ccc32)cc1. The molecule has 1 atom stereocenters. The number of rotatable bonds is 5. The fourth-order valence-electron chi connectivity index (χ4n) is 3.12. The Morgan fingerprint density at radius 3 is 2.39 bits per heavy atom. The molecule has 7 heteroatoms. The molecule has 0 bridgehead atoms. The number of carbonyl (C=O) groups is 3. The van der Waals surface area contributed by atoms with E-state index in [4.69, 9.17) is 0 Å². The number of benzene rings is 2. The highest BCUT2D eigenvalue weighted by atomic mass is 19.1. The molecule has 2 aromatic rings. The van der Waals surface area contributed by atoms with Gasteiger partial charge in [-0.25, -0.2) is 4.39 Å². The number of hydrogen-bond donors (Lipinski definition) is 3. The largest absolute Gasteiger partial charge is 0.326 e. The summed E-state index contributed by atoms with van der Waals surface area (Å²) in [5.41, 5.74) is 2.08. The zero-order valence-corrected chi connectivity index (χ0v) is 15.7. The summed E-state index contributed by atoms with van der Waals surface area (Å²) in [6, 6.07) is 10.7. The maximum Gasteiger partial charge on any atom is 0.232 e. The number of halogens is 1. The predicted octanol–water partition coefficient (Wildman–Crippen LogP) is 3.87. The molecular formula is C21H22FN3O3. The van der Waals surface area contributed by atoms with Crippen molar-refractivity contribution in [2.24, 2.45) is 5.92 Å². The fourth-order valence-corrected chi connectivity index (χ4v) is 3.12. The van der Waals surface area contributed by atoms with Gasteiger partial charge in [-0.1, -0.05) is 19.9 Å². The number of carbonyl (C=O) groups excluding carboxylic acids is 3. The molecule has 146 valence electrons. The van der Waals surface area contributed by atoms with Gasteiger partial charge in [0.1, 0.15) is 5.82 Å². The molecule has 1 heterocycles. The molecule has 3 N–H and O–H groups in total. The standard InChI is InChI=1S/C21H22FN3O3/c1-12(2)9-19(26)23-14-4-6-15(7-5-14)24-21(28)17-11-20(27)25-18-10-13(22)3-8-16(17)18/h3-8,10,12,17H,9,11H2,1-2H3,(H,23,26)(H,24,28)(H,25,27). The van der Waals surface area contributed by atoms with E-state index in [2.05, 4.69) is 16.0 Å². The van der Waals surface area contributed by atoms with Crippen LogP contribution in [0.4, 0.5) is 21.5 Å². The summed E-state index contributed by atoms with van der Waals surface area (Å²) in [4.78, 5) is 36.4. The summed E-state index contributed by atoms with van der Waals surface area (Å²) in [7, 11) is 0. The summed E-state index contributed by atoms with van der Waals surface area (Å²) < 4.78 is 13.4. The number of nitrogens with one attached hydrogen (secondary N) is 3. The van der Waals surface area contributed by atoms with Crippen LogP contribution in [0.3, 0.4) is 0 Å². The van der Waals surface area contributed by atoms with Crippen molar-refractivity contribution in [3.63, 3.8) is 0 Å². The van der Waals surface area contributed by atoms with Crippen LogP contribution in [0.2, 0.25) is 0 Å². The molecular weight excluding hydrogens is 361 g/mol. The zero-order chi connectivity index (χ0) is 20.3. The van der Waals surface area contributed by atoms with Crippen molar-refractivity contribution < 1.29 is 18.8 Å². The lowest BCUT2D eigenvalue weighted by Crippen LogP contribution is -2.30. The lowest BCUT2D eigenvalue weighted by molar-refractivity contribution is -0.123. The van der Waals surface area contributed by atoms with Crippen LogP contribution < -0.4 is 16.0 Å². The summed E-state index contributed by atoms with van der Waals surface area (Å²) in [5, 5.41) is 8.17. The van der Waals surface area contributed by atoms with E-state index in [1.807, 2.05) is 13.8 Å². The van der Waals surface area contributed by atoms with E-state index in [0.29, 0.717) is 29.0 Å². The molecule has 0 aromatic heterocycles. The van der Waals surface area contributed by atoms with E-state index >= 15 is 0 Å². The molecule has 0 saturated heterocycles. The molecule has 1 aliphatic heterocycles. The third-order valence-electron chi connectivity index (χ3n) is 4.40. The normalized spacial score (nSPS) is 15.6. The van der Waals surface area contributed by atoms with Crippen molar-refractivity contribution in [3.05, 3.63) is 53.8 Å². The molecule has 6 nitrogen and oxygen atoms in total. The Morgan fingerprint density at radius 1 is 1.11 bits per heavy atom. The van der Waals surface area contributed by atoms with Gasteiger partial charge in [0.15, 0.2) is 0 Å². The average Bonchev–Trinajstić information content (AvgIpc) is 2.61. The second kappa shape index (κ2) is 8.21. The van der Waals surface area contributed by atoms with Gasteiger partial charge in [0.25, 0.3) is 0 Å². The first-order valence-corrected chi connectivity index (χ1v) is 9.12. The Bertz CT molecular complexity index is 910. The van der Waals surface area contributed by atoms with E-state index in [1.54, 1.807) is 24.3 Å². The fraction of sp³-hybridized carbons (Fsp3) is 0.286. The lowest BCUT2D eigenvalue weighted by Gasteiger charge is -2.25. The highest BCUT2D eigenvalue weighted by molar-refractivity contribution is 6.05. The van der Waals surface area contributed by atoms with Crippen molar-refractivity contribution in [2.75, 3.05) is 16.0 Å². The Balaban J connectivity index is 1.68. The first-order valence-electron chi connectivity index (χ1n) is 9.12. The van der Waals surface area contributed by atoms with Gasteiger partial charge in [-0.15, -0.1) is 0 Å². The number of anilines is 3. The monoisotopic (exact) mass is 383 g/mol. The second-order valence-corrected chi connectivity index (χ2v) is 7.25. The van der Waals surface area contributed by atoms with Crippen LogP contribution in [0.1, 0.15) is 38.2 Å². The third-order valence-corrected chi connectivity index (χ3v) is 4.40. The van der Waals surface area contributed by atoms with Crippen molar-refractivity contribution in [3.8, 4) is 0 Å². The van der Waals surface area contributed by atoms with Crippen LogP contribution in [0.5, 0.6) is 0 Å². The van der Waals surface area contributed by atoms with Crippen molar-refractivity contribution >= 4 is 34.8 Å². The Labute approximate surface area is 162 Å². The molecule has 2 aromatic carbocycles. The van der Waals surface area contributed by atoms with E-state index in [-0.39, 0.29) is 30.1 Å². The maximum absolute atomic E-state index is 13.4. The highest BCUT2D eigenvalue weighted by Crippen LogP contribution is 2.33. The van der Waals surface area contributed by atoms with E-state index in [9.17, 15) is 18.8 Å². The van der Waals surface area contributed by atoms with Gasteiger partial charge in [-0.2, -0.15) is 0 Å². The molecule has 3 rings (SSSR count). The van der Waals surface area contributed by atoms with Gasteiger partial charge < -0.3 is 16.0 Å². The van der Waals surface area contributed by atoms with E-state index in [0.717, 1.165) is 0 Å². The number of amides is 3. The van der Waals surface area contributed by atoms with Crippen LogP contribution in [-0.4, -0.2) is 17.7 Å². The van der Waals surface area contributed by atoms with Gasteiger partial charge in [-0.05, 0) is 47.9 Å². The number of hydrogen-bond acceptors (Lipinski definition) is 3. The van der Waals surface area contributed by atoms with Crippen LogP contribution >= 0.6 is 0 Å². The minimum atomic E-state index is -0.699. The molecule has 0 aliphatic carbocycles. The summed E-state index contributed by atoms with van der Waals surface area (Å²) in [6.07, 6.45) is 0.427. The van der Waals surface area contributed by atoms with Crippen molar-refractivity contribution in [2.45, 2.75) is 32.6 Å². The summed E-state index contributed by atoms with van der Waals surface area (Å²) >= 11 is 0. The minimum Gasteiger partial charge on any atom is -0.326 e. The highest BCUT2D eigenvalue weighted by Gasteiger charge is 2.31. The van der Waals surface area contributed by atoms with Crippen LogP contribution in [0.25, 0.3) is 0 Å². The third kappa shape index (κ3) is 4.73. The molecule has 0 spiro atoms. The van der Waals surface area contributed by atoms with Crippen LogP contribution in [0.15, 0.2) is 42.5 Å². The van der Waals surface area contributed by atoms with Crippen LogP contribution in [-0.2, 0) is 14.4 Å². The first-order chi connectivity index (χ1) is 13.3. The van der Waals surface area contributed by atoms with E-state index in [1.165, 1.54) is 18.2 Å². The Kier molecular flexibility index (Phi) is 5.73. The predicted molar refractivity (Wildman–Crippen MR) is 106 cm³/mol. The van der Waals surface area contributed by atoms with Gasteiger partial charge >= 0.3 is 0 Å². The molecule has 28 heavy (non-hydrogen) atoms. The lowest BCUT2D eigenvalue weighted by atomic mass is 9.89. The summed E-state index contributed by atoms with van der Waals surface area (Å²) in [5.74, 6) is -1.66. The average molecular weight is 383 g/mol. The maximum atomic E-state index is 13.4. The van der Waals surface area contributed by atoms with Gasteiger partial charge in [-0.3, -0.25) is 14.4 Å². The molecule has 3 amide bonds. The number of fused-ring (bicyclic) bond motifs is 1. The molecule has 0 fully saturated rings. The molecule has 1 unspecified atom stereocenters. The van der Waals surface area contributed by atoms with Gasteiger partial charge in [0.2, 0.25) is 17.7 Å². The zero-order valence-electron chi connectivity index (χ0n) is 15.7. The molecule has 1 aliphatic rings. The topological polar surface area (TPSA) is 87.3 Å². The van der Waals surface area contributed by atoms with Gasteiger partial charge in [0, 0.05) is 29.9 Å². The smallest absolute Gasteiger partial charge is 0.232 e. The second-order valence-electron chi connectivity index (χ2n) is 7.25. The Hall–Kier alpha value is -3.22. The van der Waals surface area contributed by atoms with Gasteiger partial charge in [0.05, 0.1) is 5.92 Å². The summed E-state index contributed by atoms with van der Waals surface area (Å²) in [6.45, 7) is 3.94. The first kappa shape index (κ1) is 19.5. The Morgan fingerprint density at radius 2 is 1.75 bits per heavy atom. The van der Waals surface area contributed by atoms with E-state index < -0.39 is 11.7 Å². The van der Waals surface area contributed by atoms with Crippen molar-refractivity contribution in [1.82, 2.24) is 0 Å². The molecule has 0 saturated carbocycles.